The Morgan fingerprint density at radius 2 is 2.20 bits per heavy atom. The van der Waals surface area contributed by atoms with Crippen molar-refractivity contribution in [2.45, 2.75) is 20.4 Å². The average molecular weight is 207 g/mol. The van der Waals surface area contributed by atoms with E-state index in [4.69, 9.17) is 8.83 Å². The maximum atomic E-state index is 5.38. The fourth-order valence-corrected chi connectivity index (χ4v) is 1.31. The lowest BCUT2D eigenvalue weighted by atomic mass is 10.4. The number of anilines is 1. The topological polar surface area (TPSA) is 55.3 Å². The van der Waals surface area contributed by atoms with Gasteiger partial charge in [-0.2, -0.15) is 0 Å². The molecule has 2 heterocycles. The first-order valence-corrected chi connectivity index (χ1v) is 4.70. The molecule has 80 valence electrons. The molecule has 0 fully saturated rings. The molecule has 15 heavy (non-hydrogen) atoms. The van der Waals surface area contributed by atoms with E-state index in [1.165, 1.54) is 0 Å². The van der Waals surface area contributed by atoms with E-state index in [2.05, 4.69) is 9.97 Å². The van der Waals surface area contributed by atoms with Gasteiger partial charge in [-0.3, -0.25) is 0 Å². The van der Waals surface area contributed by atoms with Gasteiger partial charge in [0, 0.05) is 14.0 Å². The standard InChI is InChI=1S/C10H13N3O2/c1-7-4-11-10(15-7)13(3)5-9-6-14-8(2)12-9/h4,6H,5H2,1-3H3. The monoisotopic (exact) mass is 207 g/mol. The van der Waals surface area contributed by atoms with Crippen LogP contribution >= 0.6 is 0 Å². The molecular formula is C10H13N3O2. The zero-order chi connectivity index (χ0) is 10.8. The van der Waals surface area contributed by atoms with Crippen LogP contribution in [0.25, 0.3) is 0 Å². The summed E-state index contributed by atoms with van der Waals surface area (Å²) in [7, 11) is 1.90. The third-order valence-corrected chi connectivity index (χ3v) is 2.00. The second-order valence-corrected chi connectivity index (χ2v) is 3.47. The summed E-state index contributed by atoms with van der Waals surface area (Å²) in [5.74, 6) is 1.47. The van der Waals surface area contributed by atoms with Gasteiger partial charge in [0.1, 0.15) is 12.0 Å². The first-order chi connectivity index (χ1) is 7.15. The Bertz CT molecular complexity index is 447. The van der Waals surface area contributed by atoms with E-state index in [1.807, 2.05) is 25.8 Å². The van der Waals surface area contributed by atoms with E-state index in [9.17, 15) is 0 Å². The minimum absolute atomic E-state index is 0.591. The number of rotatable bonds is 3. The van der Waals surface area contributed by atoms with E-state index < -0.39 is 0 Å². The fourth-order valence-electron chi connectivity index (χ4n) is 1.31. The summed E-state index contributed by atoms with van der Waals surface area (Å²) in [4.78, 5) is 10.2. The summed E-state index contributed by atoms with van der Waals surface area (Å²) < 4.78 is 10.5. The molecule has 0 aliphatic carbocycles. The highest BCUT2D eigenvalue weighted by Gasteiger charge is 2.09. The summed E-state index contributed by atoms with van der Waals surface area (Å²) in [5.41, 5.74) is 0.867. The molecule has 0 aromatic carbocycles. The molecule has 2 rings (SSSR count). The smallest absolute Gasteiger partial charge is 0.297 e. The average Bonchev–Trinajstić information content (AvgIpc) is 2.75. The van der Waals surface area contributed by atoms with Gasteiger partial charge in [-0.1, -0.05) is 0 Å². The van der Waals surface area contributed by atoms with Gasteiger partial charge in [-0.25, -0.2) is 9.97 Å². The Morgan fingerprint density at radius 1 is 1.40 bits per heavy atom. The Labute approximate surface area is 87.7 Å². The highest BCUT2D eigenvalue weighted by molar-refractivity contribution is 5.25. The lowest BCUT2D eigenvalue weighted by Gasteiger charge is -2.11. The highest BCUT2D eigenvalue weighted by atomic mass is 16.4. The van der Waals surface area contributed by atoms with E-state index in [1.54, 1.807) is 12.5 Å². The van der Waals surface area contributed by atoms with Crippen LogP contribution in [0.4, 0.5) is 6.01 Å². The van der Waals surface area contributed by atoms with Crippen LogP contribution in [0.15, 0.2) is 21.3 Å². The van der Waals surface area contributed by atoms with Crippen LogP contribution < -0.4 is 4.90 Å². The Hall–Kier alpha value is -1.78. The lowest BCUT2D eigenvalue weighted by molar-refractivity contribution is 0.514. The number of aryl methyl sites for hydroxylation is 2. The van der Waals surface area contributed by atoms with Crippen molar-refractivity contribution in [3.63, 3.8) is 0 Å². The van der Waals surface area contributed by atoms with Gasteiger partial charge in [0.25, 0.3) is 6.01 Å². The van der Waals surface area contributed by atoms with E-state index in [0.29, 0.717) is 18.5 Å². The van der Waals surface area contributed by atoms with Crippen molar-refractivity contribution in [2.75, 3.05) is 11.9 Å². The first kappa shape index (κ1) is 9.76. The molecule has 2 aromatic rings. The molecule has 0 aliphatic heterocycles. The zero-order valence-corrected chi connectivity index (χ0v) is 9.02. The third-order valence-electron chi connectivity index (χ3n) is 2.00. The SMILES string of the molecule is Cc1cnc(N(C)Cc2coc(C)n2)o1. The summed E-state index contributed by atoms with van der Waals surface area (Å²) in [6.45, 7) is 4.31. The minimum atomic E-state index is 0.591. The van der Waals surface area contributed by atoms with E-state index in [-0.39, 0.29) is 0 Å². The molecule has 0 unspecified atom stereocenters. The predicted octanol–water partition coefficient (Wildman–Crippen LogP) is 1.92. The minimum Gasteiger partial charge on any atom is -0.449 e. The molecule has 0 radical (unpaired) electrons. The molecule has 0 amide bonds. The first-order valence-electron chi connectivity index (χ1n) is 4.70. The van der Waals surface area contributed by atoms with Crippen LogP contribution in [0.5, 0.6) is 0 Å². The molecule has 0 spiro atoms. The Kier molecular flexibility index (Phi) is 2.45. The van der Waals surface area contributed by atoms with Gasteiger partial charge in [0.15, 0.2) is 5.89 Å². The zero-order valence-electron chi connectivity index (χ0n) is 9.02. The van der Waals surface area contributed by atoms with Crippen LogP contribution in [-0.2, 0) is 6.54 Å². The van der Waals surface area contributed by atoms with Crippen molar-refractivity contribution < 1.29 is 8.83 Å². The number of hydrogen-bond donors (Lipinski definition) is 0. The molecule has 0 aliphatic rings. The van der Waals surface area contributed by atoms with Crippen LogP contribution in [-0.4, -0.2) is 17.0 Å². The van der Waals surface area contributed by atoms with Crippen LogP contribution in [0.1, 0.15) is 17.3 Å². The normalized spacial score (nSPS) is 10.6. The summed E-state index contributed by atoms with van der Waals surface area (Å²) in [6, 6.07) is 0.591. The summed E-state index contributed by atoms with van der Waals surface area (Å²) in [5, 5.41) is 0. The van der Waals surface area contributed by atoms with Gasteiger partial charge < -0.3 is 13.7 Å². The second-order valence-electron chi connectivity index (χ2n) is 3.47. The van der Waals surface area contributed by atoms with Crippen molar-refractivity contribution in [1.29, 1.82) is 0 Å². The quantitative estimate of drug-likeness (QED) is 0.769. The number of nitrogens with zero attached hydrogens (tertiary/aromatic N) is 3. The molecule has 2 aromatic heterocycles. The molecular weight excluding hydrogens is 194 g/mol. The van der Waals surface area contributed by atoms with Crippen LogP contribution in [0, 0.1) is 13.8 Å². The van der Waals surface area contributed by atoms with Gasteiger partial charge in [0.05, 0.1) is 18.4 Å². The molecule has 0 N–H and O–H groups in total. The van der Waals surface area contributed by atoms with Crippen molar-refractivity contribution in [1.82, 2.24) is 9.97 Å². The fraction of sp³-hybridized carbons (Fsp3) is 0.400. The molecule has 0 bridgehead atoms. The molecule has 5 nitrogen and oxygen atoms in total. The second kappa shape index (κ2) is 3.76. The third kappa shape index (κ3) is 2.18. The maximum absolute atomic E-state index is 5.38. The lowest BCUT2D eigenvalue weighted by Crippen LogP contribution is -2.16. The molecule has 0 saturated heterocycles. The van der Waals surface area contributed by atoms with Gasteiger partial charge in [-0.15, -0.1) is 0 Å². The van der Waals surface area contributed by atoms with Crippen LogP contribution in [0.2, 0.25) is 0 Å². The highest BCUT2D eigenvalue weighted by Crippen LogP contribution is 2.14. The van der Waals surface area contributed by atoms with Crippen molar-refractivity contribution >= 4 is 6.01 Å². The molecule has 0 atom stereocenters. The van der Waals surface area contributed by atoms with Crippen molar-refractivity contribution in [3.8, 4) is 0 Å². The number of oxazole rings is 2. The number of aromatic nitrogens is 2. The van der Waals surface area contributed by atoms with Gasteiger partial charge >= 0.3 is 0 Å². The number of hydrogen-bond acceptors (Lipinski definition) is 5. The van der Waals surface area contributed by atoms with E-state index >= 15 is 0 Å². The van der Waals surface area contributed by atoms with Gasteiger partial charge in [0.2, 0.25) is 0 Å². The summed E-state index contributed by atoms with van der Waals surface area (Å²) >= 11 is 0. The maximum Gasteiger partial charge on any atom is 0.297 e. The summed E-state index contributed by atoms with van der Waals surface area (Å²) in [6.07, 6.45) is 3.33. The molecule has 0 saturated carbocycles. The van der Waals surface area contributed by atoms with E-state index in [0.717, 1.165) is 11.5 Å². The van der Waals surface area contributed by atoms with Crippen LogP contribution in [0.3, 0.4) is 0 Å². The largest absolute Gasteiger partial charge is 0.449 e. The van der Waals surface area contributed by atoms with Gasteiger partial charge in [-0.05, 0) is 6.92 Å². The Balaban J connectivity index is 2.06. The predicted molar refractivity (Wildman–Crippen MR) is 54.6 cm³/mol. The Morgan fingerprint density at radius 3 is 2.73 bits per heavy atom. The van der Waals surface area contributed by atoms with Crippen molar-refractivity contribution in [2.24, 2.45) is 0 Å². The molecule has 5 heteroatoms. The van der Waals surface area contributed by atoms with Crippen molar-refractivity contribution in [3.05, 3.63) is 29.8 Å².